The van der Waals surface area contributed by atoms with Crippen LogP contribution in [0.25, 0.3) is 5.69 Å². The molecule has 2 heterocycles. The van der Waals surface area contributed by atoms with Gasteiger partial charge in [0.05, 0.1) is 16.3 Å². The van der Waals surface area contributed by atoms with E-state index in [4.69, 9.17) is 0 Å². The van der Waals surface area contributed by atoms with Crippen LogP contribution in [-0.4, -0.2) is 41.3 Å². The highest BCUT2D eigenvalue weighted by atomic mass is 32.2. The number of aromatic amines is 1. The molecule has 1 saturated heterocycles. The molecule has 1 fully saturated rings. The molecule has 8 nitrogen and oxygen atoms in total. The molecule has 0 unspecified atom stereocenters. The van der Waals surface area contributed by atoms with Crippen LogP contribution in [0.3, 0.4) is 0 Å². The number of hydrogen-bond donors (Lipinski definition) is 2. The topological polar surface area (TPSA) is 104 Å². The summed E-state index contributed by atoms with van der Waals surface area (Å²) in [4.78, 5) is 27.7. The number of aryl methyl sites for hydroxylation is 2. The number of sulfonamides is 1. The lowest BCUT2D eigenvalue weighted by Gasteiger charge is -2.25. The van der Waals surface area contributed by atoms with Crippen molar-refractivity contribution in [3.8, 4) is 5.69 Å². The zero-order valence-corrected chi connectivity index (χ0v) is 19.4. The number of benzene rings is 2. The van der Waals surface area contributed by atoms with Crippen molar-refractivity contribution >= 4 is 21.6 Å². The minimum absolute atomic E-state index is 0.186. The fraction of sp³-hybridized carbons (Fsp3) is 0.333. The fourth-order valence-electron chi connectivity index (χ4n) is 4.08. The maximum absolute atomic E-state index is 12.8. The van der Waals surface area contributed by atoms with E-state index in [1.807, 2.05) is 13.0 Å². The first-order valence-electron chi connectivity index (χ1n) is 11.1. The monoisotopic (exact) mass is 468 g/mol. The highest BCUT2D eigenvalue weighted by Crippen LogP contribution is 2.22. The Balaban J connectivity index is 1.40. The Hall–Kier alpha value is -3.17. The third-order valence-electron chi connectivity index (χ3n) is 5.90. The number of imidazole rings is 1. The Morgan fingerprint density at radius 1 is 1.03 bits per heavy atom. The van der Waals surface area contributed by atoms with E-state index in [-0.39, 0.29) is 18.0 Å². The predicted molar refractivity (Wildman–Crippen MR) is 127 cm³/mol. The SMILES string of the molecule is Cc1c[nH]c(=O)n1-c1ccccc1NC(=O)CCc1ccc(S(=O)(=O)N2CCCCC2)cc1. The van der Waals surface area contributed by atoms with Crippen LogP contribution < -0.4 is 11.0 Å². The van der Waals surface area contributed by atoms with Crippen LogP contribution in [0.15, 0.2) is 64.4 Å². The Morgan fingerprint density at radius 3 is 2.39 bits per heavy atom. The highest BCUT2D eigenvalue weighted by molar-refractivity contribution is 7.89. The Kier molecular flexibility index (Phi) is 6.80. The molecule has 174 valence electrons. The number of carbonyl (C=O) groups is 1. The number of piperidine rings is 1. The van der Waals surface area contributed by atoms with Crippen molar-refractivity contribution in [1.82, 2.24) is 13.9 Å². The smallest absolute Gasteiger partial charge is 0.324 e. The standard InChI is InChI=1S/C24H28N4O4S/c1-18-17-25-24(30)28(18)22-8-4-3-7-21(22)26-23(29)14-11-19-9-12-20(13-10-19)33(31,32)27-15-5-2-6-16-27/h3-4,7-10,12-13,17H,2,5-6,11,14-16H2,1H3,(H,25,30)(H,26,29). The van der Waals surface area contributed by atoms with E-state index in [2.05, 4.69) is 10.3 Å². The van der Waals surface area contributed by atoms with Gasteiger partial charge in [-0.3, -0.25) is 9.36 Å². The third-order valence-corrected chi connectivity index (χ3v) is 7.81. The maximum Gasteiger partial charge on any atom is 0.330 e. The van der Waals surface area contributed by atoms with Crippen LogP contribution in [0.1, 0.15) is 36.9 Å². The van der Waals surface area contributed by atoms with Gasteiger partial charge in [0, 0.05) is 31.4 Å². The first kappa shape index (κ1) is 23.0. The summed E-state index contributed by atoms with van der Waals surface area (Å²) < 4.78 is 28.6. The number of aromatic nitrogens is 2. The van der Waals surface area contributed by atoms with Gasteiger partial charge in [-0.1, -0.05) is 30.7 Å². The summed E-state index contributed by atoms with van der Waals surface area (Å²) in [5.41, 5.74) is 2.50. The summed E-state index contributed by atoms with van der Waals surface area (Å²) >= 11 is 0. The van der Waals surface area contributed by atoms with Crippen molar-refractivity contribution in [3.05, 3.63) is 76.5 Å². The van der Waals surface area contributed by atoms with E-state index in [1.54, 1.807) is 53.0 Å². The van der Waals surface area contributed by atoms with Crippen molar-refractivity contribution in [1.29, 1.82) is 0 Å². The Morgan fingerprint density at radius 2 is 1.73 bits per heavy atom. The lowest BCUT2D eigenvalue weighted by atomic mass is 10.1. The molecule has 2 N–H and O–H groups in total. The van der Waals surface area contributed by atoms with Gasteiger partial charge in [0.2, 0.25) is 15.9 Å². The van der Waals surface area contributed by atoms with Gasteiger partial charge in [0.1, 0.15) is 0 Å². The fourth-order valence-corrected chi connectivity index (χ4v) is 5.60. The summed E-state index contributed by atoms with van der Waals surface area (Å²) in [5.74, 6) is -0.186. The number of H-pyrrole nitrogens is 1. The van der Waals surface area contributed by atoms with Gasteiger partial charge in [-0.2, -0.15) is 4.31 Å². The van der Waals surface area contributed by atoms with Crippen LogP contribution >= 0.6 is 0 Å². The van der Waals surface area contributed by atoms with Crippen molar-refractivity contribution in [2.24, 2.45) is 0 Å². The highest BCUT2D eigenvalue weighted by Gasteiger charge is 2.25. The average molecular weight is 469 g/mol. The van der Waals surface area contributed by atoms with E-state index >= 15 is 0 Å². The molecule has 0 radical (unpaired) electrons. The molecule has 0 aliphatic carbocycles. The van der Waals surface area contributed by atoms with E-state index in [0.717, 1.165) is 30.5 Å². The molecule has 1 aromatic heterocycles. The van der Waals surface area contributed by atoms with E-state index in [1.165, 1.54) is 4.57 Å². The number of carbonyl (C=O) groups excluding carboxylic acids is 1. The molecule has 0 saturated carbocycles. The number of nitrogens with zero attached hydrogens (tertiary/aromatic N) is 2. The molecular formula is C24H28N4O4S. The molecule has 33 heavy (non-hydrogen) atoms. The molecule has 0 spiro atoms. The summed E-state index contributed by atoms with van der Waals surface area (Å²) in [6.45, 7) is 2.95. The number of hydrogen-bond acceptors (Lipinski definition) is 4. The molecule has 0 atom stereocenters. The second-order valence-electron chi connectivity index (χ2n) is 8.24. The van der Waals surface area contributed by atoms with Gasteiger partial charge in [0.15, 0.2) is 0 Å². The number of para-hydroxylation sites is 2. The Labute approximate surface area is 193 Å². The van der Waals surface area contributed by atoms with Crippen LogP contribution in [-0.2, 0) is 21.2 Å². The van der Waals surface area contributed by atoms with Crippen LogP contribution in [0.2, 0.25) is 0 Å². The van der Waals surface area contributed by atoms with Gasteiger partial charge in [-0.25, -0.2) is 13.2 Å². The predicted octanol–water partition coefficient (Wildman–Crippen LogP) is 3.22. The van der Waals surface area contributed by atoms with Gasteiger partial charge in [-0.15, -0.1) is 0 Å². The first-order chi connectivity index (χ1) is 15.9. The second-order valence-corrected chi connectivity index (χ2v) is 10.2. The quantitative estimate of drug-likeness (QED) is 0.556. The lowest BCUT2D eigenvalue weighted by Crippen LogP contribution is -2.35. The minimum Gasteiger partial charge on any atom is -0.324 e. The molecule has 1 aliphatic rings. The molecule has 0 bridgehead atoms. The number of amides is 1. The summed E-state index contributed by atoms with van der Waals surface area (Å²) in [5, 5.41) is 2.89. The van der Waals surface area contributed by atoms with Gasteiger partial charge >= 0.3 is 5.69 Å². The third kappa shape index (κ3) is 5.09. The number of nitrogens with one attached hydrogen (secondary N) is 2. The van der Waals surface area contributed by atoms with Crippen molar-refractivity contribution in [2.75, 3.05) is 18.4 Å². The molecule has 1 aliphatic heterocycles. The van der Waals surface area contributed by atoms with Crippen molar-refractivity contribution in [3.63, 3.8) is 0 Å². The first-order valence-corrected chi connectivity index (χ1v) is 12.6. The van der Waals surface area contributed by atoms with Crippen molar-refractivity contribution < 1.29 is 13.2 Å². The number of anilines is 1. The van der Waals surface area contributed by atoms with E-state index in [9.17, 15) is 18.0 Å². The van der Waals surface area contributed by atoms with Gasteiger partial charge in [-0.05, 0) is 56.0 Å². The van der Waals surface area contributed by atoms with Crippen LogP contribution in [0, 0.1) is 6.92 Å². The summed E-state index contributed by atoms with van der Waals surface area (Å²) in [6.07, 6.45) is 5.19. The van der Waals surface area contributed by atoms with Gasteiger partial charge < -0.3 is 10.3 Å². The Bertz CT molecular complexity index is 1290. The van der Waals surface area contributed by atoms with Crippen LogP contribution in [0.4, 0.5) is 5.69 Å². The molecule has 9 heteroatoms. The molecular weight excluding hydrogens is 440 g/mol. The molecule has 4 rings (SSSR count). The van der Waals surface area contributed by atoms with Crippen molar-refractivity contribution in [2.45, 2.75) is 43.9 Å². The second kappa shape index (κ2) is 9.76. The number of rotatable bonds is 7. The largest absolute Gasteiger partial charge is 0.330 e. The van der Waals surface area contributed by atoms with Gasteiger partial charge in [0.25, 0.3) is 0 Å². The maximum atomic E-state index is 12.8. The molecule has 1 amide bonds. The molecule has 3 aromatic rings. The zero-order valence-electron chi connectivity index (χ0n) is 18.6. The zero-order chi connectivity index (χ0) is 23.4. The summed E-state index contributed by atoms with van der Waals surface area (Å²) in [7, 11) is -3.46. The van der Waals surface area contributed by atoms with E-state index < -0.39 is 10.0 Å². The van der Waals surface area contributed by atoms with E-state index in [0.29, 0.717) is 35.8 Å². The lowest BCUT2D eigenvalue weighted by molar-refractivity contribution is -0.116. The summed E-state index contributed by atoms with van der Waals surface area (Å²) in [6, 6.07) is 13.9. The van der Waals surface area contributed by atoms with Crippen LogP contribution in [0.5, 0.6) is 0 Å². The minimum atomic E-state index is -3.46. The molecule has 2 aromatic carbocycles. The normalized spacial score (nSPS) is 14.8. The average Bonchev–Trinajstić information content (AvgIpc) is 3.16.